The molecule has 0 aliphatic carbocycles. The van der Waals surface area contributed by atoms with Crippen LogP contribution in [0.15, 0.2) is 72.8 Å². The largest absolute Gasteiger partial charge is 0.444 e. The van der Waals surface area contributed by atoms with E-state index in [1.807, 2.05) is 72.8 Å². The fraction of sp³-hybridized carbons (Fsp3) is 0.364. The molecule has 0 bridgehead atoms. The van der Waals surface area contributed by atoms with Crippen LogP contribution in [0.2, 0.25) is 0 Å². The van der Waals surface area contributed by atoms with Gasteiger partial charge in [-0.3, -0.25) is 9.59 Å². The van der Waals surface area contributed by atoms with Crippen molar-refractivity contribution in [1.82, 2.24) is 10.6 Å². The van der Waals surface area contributed by atoms with E-state index in [1.54, 1.807) is 39.5 Å². The lowest BCUT2D eigenvalue weighted by Crippen LogP contribution is -2.52. The van der Waals surface area contributed by atoms with E-state index in [1.165, 1.54) is 0 Å². The number of ether oxygens (including phenoxy) is 1. The van der Waals surface area contributed by atoms with Crippen LogP contribution in [0.1, 0.15) is 58.6 Å². The van der Waals surface area contributed by atoms with Crippen LogP contribution >= 0.6 is 0 Å². The SMILES string of the molecule is CC(C)(CC(=O)N[C@@H]1CCc2ccccc2N(Cc2ccc(-c3ccccc3N)cc2)C1=O)NC(=O)OC(C)(C)C. The summed E-state index contributed by atoms with van der Waals surface area (Å²) < 4.78 is 5.33. The van der Waals surface area contributed by atoms with Crippen molar-refractivity contribution in [3.8, 4) is 11.1 Å². The summed E-state index contributed by atoms with van der Waals surface area (Å²) in [5, 5.41) is 5.69. The third kappa shape index (κ3) is 7.87. The van der Waals surface area contributed by atoms with Crippen molar-refractivity contribution < 1.29 is 19.1 Å². The molecule has 0 radical (unpaired) electrons. The minimum absolute atomic E-state index is 0.00689. The van der Waals surface area contributed by atoms with E-state index < -0.39 is 23.3 Å². The first-order valence-electron chi connectivity index (χ1n) is 13.9. The summed E-state index contributed by atoms with van der Waals surface area (Å²) in [5.74, 6) is -0.488. The lowest BCUT2D eigenvalue weighted by molar-refractivity contribution is -0.128. The van der Waals surface area contributed by atoms with Crippen molar-refractivity contribution in [2.45, 2.75) is 77.6 Å². The minimum Gasteiger partial charge on any atom is -0.444 e. The first kappa shape index (κ1) is 29.6. The fourth-order valence-electron chi connectivity index (χ4n) is 5.02. The van der Waals surface area contributed by atoms with E-state index in [4.69, 9.17) is 10.5 Å². The van der Waals surface area contributed by atoms with E-state index in [9.17, 15) is 14.4 Å². The van der Waals surface area contributed by atoms with E-state index >= 15 is 0 Å². The number of anilines is 2. The molecule has 1 heterocycles. The smallest absolute Gasteiger partial charge is 0.408 e. The normalized spacial score (nSPS) is 15.5. The molecule has 216 valence electrons. The Labute approximate surface area is 242 Å². The first-order chi connectivity index (χ1) is 19.3. The van der Waals surface area contributed by atoms with Crippen LogP contribution in [0, 0.1) is 0 Å². The second-order valence-corrected chi connectivity index (χ2v) is 12.2. The molecule has 1 aliphatic heterocycles. The highest BCUT2D eigenvalue weighted by molar-refractivity contribution is 6.00. The van der Waals surface area contributed by atoms with Crippen molar-refractivity contribution >= 4 is 29.3 Å². The molecule has 3 amide bonds. The summed E-state index contributed by atoms with van der Waals surface area (Å²) in [6.45, 7) is 9.20. The predicted molar refractivity (Wildman–Crippen MR) is 162 cm³/mol. The van der Waals surface area contributed by atoms with Gasteiger partial charge in [-0.1, -0.05) is 60.7 Å². The molecule has 0 fully saturated rings. The Hall–Kier alpha value is -4.33. The van der Waals surface area contributed by atoms with Gasteiger partial charge in [-0.05, 0) is 76.3 Å². The molecule has 0 aromatic heterocycles. The van der Waals surface area contributed by atoms with Gasteiger partial charge in [0.15, 0.2) is 0 Å². The third-order valence-electron chi connectivity index (χ3n) is 6.89. The van der Waals surface area contributed by atoms with Gasteiger partial charge in [0.25, 0.3) is 0 Å². The molecule has 0 saturated heterocycles. The van der Waals surface area contributed by atoms with Crippen molar-refractivity contribution in [3.05, 3.63) is 83.9 Å². The summed E-state index contributed by atoms with van der Waals surface area (Å²) in [7, 11) is 0. The average Bonchev–Trinajstić information content (AvgIpc) is 3.00. The highest BCUT2D eigenvalue weighted by atomic mass is 16.6. The maximum atomic E-state index is 13.9. The number of para-hydroxylation sites is 2. The van der Waals surface area contributed by atoms with Crippen LogP contribution in [0.3, 0.4) is 0 Å². The number of nitrogen functional groups attached to an aromatic ring is 1. The average molecular weight is 557 g/mol. The monoisotopic (exact) mass is 556 g/mol. The van der Waals surface area contributed by atoms with Crippen LogP contribution in [-0.4, -0.2) is 35.1 Å². The predicted octanol–water partition coefficient (Wildman–Crippen LogP) is 5.59. The van der Waals surface area contributed by atoms with Gasteiger partial charge in [-0.25, -0.2) is 4.79 Å². The molecular weight excluding hydrogens is 516 g/mol. The second-order valence-electron chi connectivity index (χ2n) is 12.2. The number of nitrogens with zero attached hydrogens (tertiary/aromatic N) is 1. The Kier molecular flexibility index (Phi) is 8.71. The number of nitrogens with two attached hydrogens (primary N) is 1. The number of rotatable bonds is 7. The standard InChI is InChI=1S/C33H40N4O4/c1-32(2,3)41-31(40)36-33(4,5)20-29(38)35-27-19-18-24-10-6-9-13-28(24)37(30(27)39)21-22-14-16-23(17-15-22)25-11-7-8-12-26(25)34/h6-17,27H,18-21,34H2,1-5H3,(H,35,38)(H,36,40)/t27-/m1/s1. The molecule has 8 heteroatoms. The molecule has 3 aromatic rings. The second kappa shape index (κ2) is 12.0. The summed E-state index contributed by atoms with van der Waals surface area (Å²) in [4.78, 5) is 41.0. The zero-order chi connectivity index (χ0) is 29.8. The van der Waals surface area contributed by atoms with Crippen molar-refractivity contribution in [2.75, 3.05) is 10.6 Å². The van der Waals surface area contributed by atoms with Crippen LogP contribution in [0.4, 0.5) is 16.2 Å². The topological polar surface area (TPSA) is 114 Å². The Morgan fingerprint density at radius 2 is 1.61 bits per heavy atom. The molecule has 1 atom stereocenters. The number of amides is 3. The fourth-order valence-corrected chi connectivity index (χ4v) is 5.02. The maximum absolute atomic E-state index is 13.9. The van der Waals surface area contributed by atoms with Crippen molar-refractivity contribution in [2.24, 2.45) is 0 Å². The van der Waals surface area contributed by atoms with Crippen LogP contribution in [0.5, 0.6) is 0 Å². The molecule has 3 aromatic carbocycles. The van der Waals surface area contributed by atoms with Gasteiger partial charge in [-0.2, -0.15) is 0 Å². The van der Waals surface area contributed by atoms with E-state index in [0.717, 1.165) is 27.9 Å². The summed E-state index contributed by atoms with van der Waals surface area (Å²) in [6, 6.07) is 22.9. The highest BCUT2D eigenvalue weighted by Gasteiger charge is 2.33. The Balaban J connectivity index is 1.49. The van der Waals surface area contributed by atoms with Crippen LogP contribution in [-0.2, 0) is 27.3 Å². The zero-order valence-electron chi connectivity index (χ0n) is 24.5. The zero-order valence-corrected chi connectivity index (χ0v) is 24.5. The van der Waals surface area contributed by atoms with Gasteiger partial charge in [-0.15, -0.1) is 0 Å². The minimum atomic E-state index is -0.868. The highest BCUT2D eigenvalue weighted by Crippen LogP contribution is 2.30. The van der Waals surface area contributed by atoms with E-state index in [-0.39, 0.29) is 18.2 Å². The van der Waals surface area contributed by atoms with Gasteiger partial charge in [0, 0.05) is 28.9 Å². The van der Waals surface area contributed by atoms with Crippen molar-refractivity contribution in [3.63, 3.8) is 0 Å². The summed E-state index contributed by atoms with van der Waals surface area (Å²) in [5.41, 5.74) is 10.2. The van der Waals surface area contributed by atoms with Gasteiger partial charge in [0.05, 0.1) is 6.54 Å². The molecule has 4 N–H and O–H groups in total. The molecule has 1 aliphatic rings. The number of alkyl carbamates (subject to hydrolysis) is 1. The Morgan fingerprint density at radius 3 is 2.29 bits per heavy atom. The molecule has 0 spiro atoms. The molecule has 4 rings (SSSR count). The van der Waals surface area contributed by atoms with Gasteiger partial charge in [0.1, 0.15) is 11.6 Å². The number of hydrogen-bond donors (Lipinski definition) is 3. The number of carbonyl (C=O) groups excluding carboxylic acids is 3. The van der Waals surface area contributed by atoms with Gasteiger partial charge in [0.2, 0.25) is 11.8 Å². The number of carbonyl (C=O) groups is 3. The summed E-state index contributed by atoms with van der Waals surface area (Å²) in [6.07, 6.45) is 0.523. The number of aryl methyl sites for hydroxylation is 1. The third-order valence-corrected chi connectivity index (χ3v) is 6.89. The number of nitrogens with one attached hydrogen (secondary N) is 2. The first-order valence-corrected chi connectivity index (χ1v) is 13.9. The summed E-state index contributed by atoms with van der Waals surface area (Å²) >= 11 is 0. The lowest BCUT2D eigenvalue weighted by Gasteiger charge is -2.29. The Bertz CT molecular complexity index is 1410. The number of hydrogen-bond acceptors (Lipinski definition) is 5. The molecular formula is C33H40N4O4. The Morgan fingerprint density at radius 1 is 0.951 bits per heavy atom. The number of fused-ring (bicyclic) bond motifs is 1. The van der Waals surface area contributed by atoms with E-state index in [2.05, 4.69) is 10.6 Å². The van der Waals surface area contributed by atoms with Crippen LogP contribution in [0.25, 0.3) is 11.1 Å². The van der Waals surface area contributed by atoms with Gasteiger partial charge < -0.3 is 26.0 Å². The molecule has 0 unspecified atom stereocenters. The van der Waals surface area contributed by atoms with E-state index in [0.29, 0.717) is 25.1 Å². The molecule has 0 saturated carbocycles. The quantitative estimate of drug-likeness (QED) is 0.328. The maximum Gasteiger partial charge on any atom is 0.408 e. The molecule has 41 heavy (non-hydrogen) atoms. The van der Waals surface area contributed by atoms with Crippen molar-refractivity contribution in [1.29, 1.82) is 0 Å². The number of benzene rings is 3. The lowest BCUT2D eigenvalue weighted by atomic mass is 9.99. The molecule has 8 nitrogen and oxygen atoms in total. The van der Waals surface area contributed by atoms with Gasteiger partial charge >= 0.3 is 6.09 Å². The van der Waals surface area contributed by atoms with Crippen LogP contribution < -0.4 is 21.3 Å².